The Bertz CT molecular complexity index is 4430. The topological polar surface area (TPSA) is 8.17 Å². The first-order chi connectivity index (χ1) is 37.7. The summed E-state index contributed by atoms with van der Waals surface area (Å²) in [6, 6.07) is 109. The Balaban J connectivity index is 1.02. The van der Waals surface area contributed by atoms with Crippen LogP contribution in [-0.2, 0) is 10.8 Å². The van der Waals surface area contributed by atoms with Crippen molar-refractivity contribution in [2.45, 2.75) is 10.8 Å². The average Bonchev–Trinajstić information content (AvgIpc) is 4.31. The van der Waals surface area contributed by atoms with Crippen molar-refractivity contribution in [2.75, 3.05) is 4.90 Å². The smallest absolute Gasteiger partial charge is 0.0755 e. The van der Waals surface area contributed by atoms with Gasteiger partial charge in [0.25, 0.3) is 0 Å². The number of nitrogens with zero attached hydrogens (tertiary/aromatic N) is 2. The van der Waals surface area contributed by atoms with Gasteiger partial charge in [0.2, 0.25) is 0 Å². The van der Waals surface area contributed by atoms with Gasteiger partial charge in [0.1, 0.15) is 0 Å². The van der Waals surface area contributed by atoms with Gasteiger partial charge in [0.05, 0.1) is 38.9 Å². The van der Waals surface area contributed by atoms with Crippen molar-refractivity contribution in [2.24, 2.45) is 0 Å². The van der Waals surface area contributed by atoms with Crippen LogP contribution in [0.4, 0.5) is 17.1 Å². The molecule has 12 aromatic carbocycles. The van der Waals surface area contributed by atoms with Crippen LogP contribution in [0.2, 0.25) is 0 Å². The second kappa shape index (κ2) is 16.4. The van der Waals surface area contributed by atoms with Crippen molar-refractivity contribution >= 4 is 38.9 Å². The van der Waals surface area contributed by atoms with Gasteiger partial charge in [-0.1, -0.05) is 249 Å². The van der Waals surface area contributed by atoms with Gasteiger partial charge in [0.15, 0.2) is 0 Å². The molecular weight excluding hydrogens is 917 g/mol. The molecule has 0 bridgehead atoms. The van der Waals surface area contributed by atoms with Gasteiger partial charge in [-0.25, -0.2) is 0 Å². The number of rotatable bonds is 7. The molecule has 76 heavy (non-hydrogen) atoms. The molecule has 3 aliphatic rings. The molecule has 0 radical (unpaired) electrons. The SMILES string of the molecule is c1ccc(-c2cccc(-c3ccccc3N(c3ccc4c(c3)C(c3ccccc3)(c3ccccc3)c3ccccc3-4)c3cccc4c3-c3ccccc3C43c4ccccc4-n4c5ccccc5c5cccc3c54)c2)cc1. The maximum Gasteiger partial charge on any atom is 0.0755 e. The molecule has 13 aromatic rings. The molecule has 1 aliphatic heterocycles. The fraction of sp³-hybridized carbons (Fsp3) is 0.0270. The Morgan fingerprint density at radius 2 is 0.816 bits per heavy atom. The highest BCUT2D eigenvalue weighted by Crippen LogP contribution is 2.64. The number of benzene rings is 12. The number of hydrogen-bond acceptors (Lipinski definition) is 1. The Kier molecular flexibility index (Phi) is 9.20. The van der Waals surface area contributed by atoms with E-state index in [4.69, 9.17) is 0 Å². The predicted octanol–water partition coefficient (Wildman–Crippen LogP) is 18.6. The summed E-state index contributed by atoms with van der Waals surface area (Å²) in [7, 11) is 0. The Labute approximate surface area is 442 Å². The van der Waals surface area contributed by atoms with E-state index in [1.165, 1.54) is 105 Å². The van der Waals surface area contributed by atoms with Gasteiger partial charge in [-0.15, -0.1) is 0 Å². The van der Waals surface area contributed by atoms with E-state index in [1.54, 1.807) is 0 Å². The van der Waals surface area contributed by atoms with Gasteiger partial charge in [-0.2, -0.15) is 0 Å². The van der Waals surface area contributed by atoms with Crippen LogP contribution in [0.5, 0.6) is 0 Å². The van der Waals surface area contributed by atoms with Gasteiger partial charge in [-0.05, 0) is 120 Å². The van der Waals surface area contributed by atoms with Crippen LogP contribution in [-0.4, -0.2) is 4.57 Å². The molecule has 1 atom stereocenters. The molecule has 0 N–H and O–H groups in total. The summed E-state index contributed by atoms with van der Waals surface area (Å²) in [4.78, 5) is 2.59. The lowest BCUT2D eigenvalue weighted by Crippen LogP contribution is -2.33. The molecule has 0 saturated carbocycles. The van der Waals surface area contributed by atoms with Crippen LogP contribution in [0.15, 0.2) is 291 Å². The number of fused-ring (bicyclic) bond motifs is 15. The van der Waals surface area contributed by atoms with Crippen LogP contribution in [0.1, 0.15) is 44.5 Å². The largest absolute Gasteiger partial charge is 0.309 e. The Morgan fingerprint density at radius 1 is 0.289 bits per heavy atom. The number of para-hydroxylation sites is 4. The monoisotopic (exact) mass is 964 g/mol. The van der Waals surface area contributed by atoms with Crippen molar-refractivity contribution in [3.05, 3.63) is 336 Å². The summed E-state index contributed by atoms with van der Waals surface area (Å²) in [5, 5.41) is 2.54. The molecule has 0 amide bonds. The van der Waals surface area contributed by atoms with Crippen molar-refractivity contribution in [1.29, 1.82) is 0 Å². The van der Waals surface area contributed by atoms with Crippen molar-refractivity contribution in [3.63, 3.8) is 0 Å². The maximum atomic E-state index is 2.59. The molecule has 2 heterocycles. The minimum atomic E-state index is -0.618. The molecule has 0 fully saturated rings. The summed E-state index contributed by atoms with van der Waals surface area (Å²) in [6.45, 7) is 0. The fourth-order valence-corrected chi connectivity index (χ4v) is 14.2. The zero-order valence-corrected chi connectivity index (χ0v) is 41.6. The van der Waals surface area contributed by atoms with Crippen LogP contribution >= 0.6 is 0 Å². The molecule has 2 aliphatic carbocycles. The molecule has 2 nitrogen and oxygen atoms in total. The van der Waals surface area contributed by atoms with E-state index in [-0.39, 0.29) is 0 Å². The zero-order valence-electron chi connectivity index (χ0n) is 41.6. The first-order valence-corrected chi connectivity index (χ1v) is 26.5. The summed E-state index contributed by atoms with van der Waals surface area (Å²) in [5.74, 6) is 0. The molecular formula is C74H48N2. The summed E-state index contributed by atoms with van der Waals surface area (Å²) in [5.41, 5.74) is 25.7. The highest BCUT2D eigenvalue weighted by Gasteiger charge is 2.52. The molecule has 16 rings (SSSR count). The Morgan fingerprint density at radius 3 is 1.61 bits per heavy atom. The highest BCUT2D eigenvalue weighted by molar-refractivity contribution is 6.13. The molecule has 0 saturated heterocycles. The highest BCUT2D eigenvalue weighted by atomic mass is 15.1. The van der Waals surface area contributed by atoms with E-state index in [0.717, 1.165) is 28.2 Å². The normalized spacial score (nSPS) is 15.0. The molecule has 1 unspecified atom stereocenters. The van der Waals surface area contributed by atoms with Gasteiger partial charge in [-0.3, -0.25) is 0 Å². The summed E-state index contributed by atoms with van der Waals surface area (Å²) < 4.78 is 2.53. The van der Waals surface area contributed by atoms with Crippen molar-refractivity contribution in [1.82, 2.24) is 4.57 Å². The van der Waals surface area contributed by atoms with E-state index in [9.17, 15) is 0 Å². The first-order valence-electron chi connectivity index (χ1n) is 26.5. The van der Waals surface area contributed by atoms with Crippen molar-refractivity contribution < 1.29 is 0 Å². The van der Waals surface area contributed by atoms with E-state index in [1.807, 2.05) is 0 Å². The molecule has 1 spiro atoms. The van der Waals surface area contributed by atoms with Crippen molar-refractivity contribution in [3.8, 4) is 50.2 Å². The average molecular weight is 965 g/mol. The van der Waals surface area contributed by atoms with Crippen LogP contribution in [0, 0.1) is 0 Å². The van der Waals surface area contributed by atoms with Gasteiger partial charge in [0, 0.05) is 27.6 Å². The Hall–Kier alpha value is -9.76. The molecule has 2 heteroatoms. The summed E-state index contributed by atoms with van der Waals surface area (Å²) >= 11 is 0. The first kappa shape index (κ1) is 42.7. The van der Waals surface area contributed by atoms with Crippen LogP contribution in [0.3, 0.4) is 0 Å². The van der Waals surface area contributed by atoms with E-state index >= 15 is 0 Å². The molecule has 354 valence electrons. The fourth-order valence-electron chi connectivity index (χ4n) is 14.2. The zero-order chi connectivity index (χ0) is 50.0. The minimum Gasteiger partial charge on any atom is -0.309 e. The lowest BCUT2D eigenvalue weighted by atomic mass is 9.65. The maximum absolute atomic E-state index is 2.59. The second-order valence-electron chi connectivity index (χ2n) is 20.6. The lowest BCUT2D eigenvalue weighted by molar-refractivity contribution is 0.748. The van der Waals surface area contributed by atoms with Gasteiger partial charge >= 0.3 is 0 Å². The third-order valence-electron chi connectivity index (χ3n) is 17.1. The summed E-state index contributed by atoms with van der Waals surface area (Å²) in [6.07, 6.45) is 0. The van der Waals surface area contributed by atoms with Crippen LogP contribution < -0.4 is 4.90 Å². The predicted molar refractivity (Wildman–Crippen MR) is 315 cm³/mol. The van der Waals surface area contributed by atoms with E-state index < -0.39 is 10.8 Å². The van der Waals surface area contributed by atoms with Crippen LogP contribution in [0.25, 0.3) is 72.0 Å². The second-order valence-corrected chi connectivity index (χ2v) is 20.6. The van der Waals surface area contributed by atoms with Gasteiger partial charge < -0.3 is 9.47 Å². The van der Waals surface area contributed by atoms with E-state index in [2.05, 4.69) is 301 Å². The minimum absolute atomic E-state index is 0.585. The lowest BCUT2D eigenvalue weighted by Gasteiger charge is -2.40. The third kappa shape index (κ3) is 5.70. The van der Waals surface area contributed by atoms with E-state index in [0.29, 0.717) is 0 Å². The number of anilines is 3. The molecule has 1 aromatic heterocycles. The third-order valence-corrected chi connectivity index (χ3v) is 17.1. The standard InChI is InChI=1S/C74H48N2/c1-4-23-49(24-5-1)50-25-20-26-51(47-50)55-31-12-17-41-67(55)75(54-45-46-57-56-32-10-14-36-61(56)73(66(57)48-54,52-27-6-2-7-28-52)53-29-8-3-9-30-53)70-44-22-39-64-71(70)60-34-11-15-37-62(60)74(64)63-38-16-19-43-69(63)76-68-42-18-13-33-58(68)59-35-21-40-65(74)72(59)76/h1-48H. The number of aromatic nitrogens is 1. The quantitative estimate of drug-likeness (QED) is 0.155. The number of hydrogen-bond donors (Lipinski definition) is 0.